The third kappa shape index (κ3) is 1.85. The van der Waals surface area contributed by atoms with E-state index in [1.54, 1.807) is 6.20 Å². The van der Waals surface area contributed by atoms with Crippen molar-refractivity contribution in [1.82, 2.24) is 10.2 Å². The van der Waals surface area contributed by atoms with E-state index < -0.39 is 0 Å². The van der Waals surface area contributed by atoms with Crippen LogP contribution in [0.15, 0.2) is 12.3 Å². The topological polar surface area (TPSA) is 55.0 Å². The molecule has 0 atom stereocenters. The number of aromatic nitrogens is 2. The highest BCUT2D eigenvalue weighted by Crippen LogP contribution is 2.24. The van der Waals surface area contributed by atoms with Crippen LogP contribution >= 0.6 is 0 Å². The van der Waals surface area contributed by atoms with Crippen LogP contribution in [0.2, 0.25) is 0 Å². The first-order valence-corrected chi connectivity index (χ1v) is 5.04. The van der Waals surface area contributed by atoms with Gasteiger partial charge in [0, 0.05) is 13.1 Å². The predicted molar refractivity (Wildman–Crippen MR) is 56.1 cm³/mol. The molecule has 1 saturated heterocycles. The normalized spacial score (nSPS) is 16.9. The van der Waals surface area contributed by atoms with Crippen LogP contribution in [-0.2, 0) is 0 Å². The van der Waals surface area contributed by atoms with Crippen molar-refractivity contribution >= 4 is 5.82 Å². The molecule has 14 heavy (non-hydrogen) atoms. The molecule has 4 nitrogen and oxygen atoms in total. The van der Waals surface area contributed by atoms with Gasteiger partial charge in [0.15, 0.2) is 5.82 Å². The summed E-state index contributed by atoms with van der Waals surface area (Å²) in [6, 6.07) is 2.08. The lowest BCUT2D eigenvalue weighted by atomic mass is 9.96. The summed E-state index contributed by atoms with van der Waals surface area (Å²) in [4.78, 5) is 2.25. The van der Waals surface area contributed by atoms with Gasteiger partial charge in [-0.1, -0.05) is 0 Å². The second-order valence-corrected chi connectivity index (χ2v) is 3.94. The number of rotatable bonds is 3. The molecule has 1 fully saturated rings. The van der Waals surface area contributed by atoms with Crippen molar-refractivity contribution in [3.8, 4) is 0 Å². The van der Waals surface area contributed by atoms with E-state index in [9.17, 15) is 0 Å². The quantitative estimate of drug-likeness (QED) is 0.760. The van der Waals surface area contributed by atoms with Crippen LogP contribution in [-0.4, -0.2) is 29.8 Å². The zero-order valence-corrected chi connectivity index (χ0v) is 8.48. The summed E-state index contributed by atoms with van der Waals surface area (Å²) < 4.78 is 0. The largest absolute Gasteiger partial charge is 0.354 e. The highest BCUT2D eigenvalue weighted by atomic mass is 15.3. The Hall–Kier alpha value is -1.16. The Morgan fingerprint density at radius 1 is 1.57 bits per heavy atom. The van der Waals surface area contributed by atoms with E-state index in [2.05, 4.69) is 21.2 Å². The third-order valence-corrected chi connectivity index (χ3v) is 2.63. The van der Waals surface area contributed by atoms with Gasteiger partial charge >= 0.3 is 0 Å². The van der Waals surface area contributed by atoms with Crippen molar-refractivity contribution in [2.75, 3.05) is 24.5 Å². The minimum atomic E-state index is 0.752. The van der Waals surface area contributed by atoms with Gasteiger partial charge < -0.3 is 10.6 Å². The number of anilines is 1. The monoisotopic (exact) mass is 192 g/mol. The summed E-state index contributed by atoms with van der Waals surface area (Å²) in [6.07, 6.45) is 2.90. The Balaban J connectivity index is 1.93. The summed E-state index contributed by atoms with van der Waals surface area (Å²) >= 11 is 0. The number of hydrogen-bond donors (Lipinski definition) is 1. The Morgan fingerprint density at radius 3 is 3.00 bits per heavy atom. The molecule has 0 aromatic carbocycles. The Morgan fingerprint density at radius 2 is 2.36 bits per heavy atom. The second kappa shape index (κ2) is 3.92. The van der Waals surface area contributed by atoms with Crippen molar-refractivity contribution in [2.24, 2.45) is 11.7 Å². The lowest BCUT2D eigenvalue weighted by Gasteiger charge is -2.39. The van der Waals surface area contributed by atoms with E-state index in [0.717, 1.165) is 43.4 Å². The fourth-order valence-electron chi connectivity index (χ4n) is 1.78. The van der Waals surface area contributed by atoms with E-state index in [1.807, 2.05) is 6.92 Å². The van der Waals surface area contributed by atoms with E-state index >= 15 is 0 Å². The Kier molecular flexibility index (Phi) is 2.63. The Bertz CT molecular complexity index is 307. The molecule has 0 radical (unpaired) electrons. The smallest absolute Gasteiger partial charge is 0.151 e. The fourth-order valence-corrected chi connectivity index (χ4v) is 1.78. The molecule has 2 heterocycles. The molecule has 0 saturated carbocycles. The summed E-state index contributed by atoms with van der Waals surface area (Å²) in [5, 5.41) is 8.04. The first-order valence-electron chi connectivity index (χ1n) is 5.04. The molecule has 76 valence electrons. The lowest BCUT2D eigenvalue weighted by molar-refractivity contribution is 0.385. The average molecular weight is 192 g/mol. The number of hydrogen-bond acceptors (Lipinski definition) is 4. The SMILES string of the molecule is Cc1cnnc(N2CC(CCN)C2)c1. The summed E-state index contributed by atoms with van der Waals surface area (Å²) in [5.74, 6) is 1.75. The van der Waals surface area contributed by atoms with Crippen LogP contribution in [0.5, 0.6) is 0 Å². The van der Waals surface area contributed by atoms with Crippen molar-refractivity contribution in [2.45, 2.75) is 13.3 Å². The summed E-state index contributed by atoms with van der Waals surface area (Å²) in [5.41, 5.74) is 6.66. The van der Waals surface area contributed by atoms with Crippen LogP contribution in [0.25, 0.3) is 0 Å². The van der Waals surface area contributed by atoms with Gasteiger partial charge in [0.05, 0.1) is 6.20 Å². The van der Waals surface area contributed by atoms with Crippen LogP contribution in [0.1, 0.15) is 12.0 Å². The van der Waals surface area contributed by atoms with Gasteiger partial charge in [0.2, 0.25) is 0 Å². The minimum absolute atomic E-state index is 0.752. The molecule has 2 rings (SSSR count). The van der Waals surface area contributed by atoms with E-state index in [4.69, 9.17) is 5.73 Å². The van der Waals surface area contributed by atoms with E-state index in [0.29, 0.717) is 0 Å². The first kappa shape index (κ1) is 9.40. The maximum Gasteiger partial charge on any atom is 0.151 e. The van der Waals surface area contributed by atoms with Gasteiger partial charge in [0.25, 0.3) is 0 Å². The maximum atomic E-state index is 5.50. The predicted octanol–water partition coefficient (Wildman–Crippen LogP) is 0.570. The van der Waals surface area contributed by atoms with Gasteiger partial charge in [-0.05, 0) is 37.4 Å². The van der Waals surface area contributed by atoms with Crippen LogP contribution < -0.4 is 10.6 Å². The summed E-state index contributed by atoms with van der Waals surface area (Å²) in [6.45, 7) is 4.98. The number of nitrogens with zero attached hydrogens (tertiary/aromatic N) is 3. The molecule has 2 N–H and O–H groups in total. The van der Waals surface area contributed by atoms with Crippen LogP contribution in [0.4, 0.5) is 5.82 Å². The molecule has 1 aromatic rings. The summed E-state index contributed by atoms with van der Waals surface area (Å²) in [7, 11) is 0. The molecular formula is C10H16N4. The van der Waals surface area contributed by atoms with Gasteiger partial charge in [-0.2, -0.15) is 5.10 Å². The fraction of sp³-hybridized carbons (Fsp3) is 0.600. The van der Waals surface area contributed by atoms with E-state index in [-0.39, 0.29) is 0 Å². The van der Waals surface area contributed by atoms with Gasteiger partial charge in [-0.3, -0.25) is 0 Å². The molecular weight excluding hydrogens is 176 g/mol. The molecule has 0 spiro atoms. The molecule has 0 aliphatic carbocycles. The van der Waals surface area contributed by atoms with Crippen LogP contribution in [0, 0.1) is 12.8 Å². The lowest BCUT2D eigenvalue weighted by Crippen LogP contribution is -2.47. The minimum Gasteiger partial charge on any atom is -0.354 e. The van der Waals surface area contributed by atoms with E-state index in [1.165, 1.54) is 0 Å². The standard InChI is InChI=1S/C10H16N4/c1-8-4-10(13-12-5-8)14-6-9(7-14)2-3-11/h4-5,9H,2-3,6-7,11H2,1H3. The molecule has 0 unspecified atom stereocenters. The van der Waals surface area contributed by atoms with Crippen molar-refractivity contribution in [3.05, 3.63) is 17.8 Å². The zero-order chi connectivity index (χ0) is 9.97. The second-order valence-electron chi connectivity index (χ2n) is 3.94. The highest BCUT2D eigenvalue weighted by Gasteiger charge is 2.26. The number of nitrogens with two attached hydrogens (primary N) is 1. The molecule has 1 aliphatic rings. The van der Waals surface area contributed by atoms with Crippen molar-refractivity contribution < 1.29 is 0 Å². The maximum absolute atomic E-state index is 5.50. The first-order chi connectivity index (χ1) is 6.79. The molecule has 1 aromatic heterocycles. The highest BCUT2D eigenvalue weighted by molar-refractivity contribution is 5.41. The average Bonchev–Trinajstić information content (AvgIpc) is 2.10. The van der Waals surface area contributed by atoms with Crippen molar-refractivity contribution in [1.29, 1.82) is 0 Å². The number of aryl methyl sites for hydroxylation is 1. The molecule has 4 heteroatoms. The van der Waals surface area contributed by atoms with Gasteiger partial charge in [-0.15, -0.1) is 5.10 Å². The molecule has 1 aliphatic heterocycles. The van der Waals surface area contributed by atoms with Gasteiger partial charge in [-0.25, -0.2) is 0 Å². The zero-order valence-electron chi connectivity index (χ0n) is 8.48. The molecule has 0 bridgehead atoms. The van der Waals surface area contributed by atoms with Gasteiger partial charge in [0.1, 0.15) is 0 Å². The Labute approximate surface area is 84.1 Å². The molecule has 0 amide bonds. The third-order valence-electron chi connectivity index (χ3n) is 2.63. The van der Waals surface area contributed by atoms with Crippen molar-refractivity contribution in [3.63, 3.8) is 0 Å². The van der Waals surface area contributed by atoms with Crippen LogP contribution in [0.3, 0.4) is 0 Å².